The van der Waals surface area contributed by atoms with Crippen LogP contribution in [0.4, 0.5) is 0 Å². The van der Waals surface area contributed by atoms with Crippen LogP contribution < -0.4 is 0 Å². The van der Waals surface area contributed by atoms with E-state index in [0.717, 1.165) is 16.7 Å². The Balaban J connectivity index is 1.94. The van der Waals surface area contributed by atoms with E-state index in [9.17, 15) is 0 Å². The number of halogens is 3. The molecule has 0 aliphatic rings. The molecule has 0 aliphatic carbocycles. The molecule has 0 aliphatic heterocycles. The van der Waals surface area contributed by atoms with Crippen molar-refractivity contribution in [2.24, 2.45) is 0 Å². The van der Waals surface area contributed by atoms with Crippen LogP contribution in [0, 0.1) is 0 Å². The summed E-state index contributed by atoms with van der Waals surface area (Å²) >= 11 is 17.8. The van der Waals surface area contributed by atoms with Gasteiger partial charge in [-0.1, -0.05) is 40.9 Å². The van der Waals surface area contributed by atoms with Crippen molar-refractivity contribution in [1.29, 1.82) is 0 Å². The smallest absolute Gasteiger partial charge is 0.199 e. The van der Waals surface area contributed by atoms with Crippen molar-refractivity contribution >= 4 is 45.9 Å². The molecule has 96 valence electrons. The van der Waals surface area contributed by atoms with Crippen LogP contribution in [0.5, 0.6) is 0 Å². The Hall–Kier alpha value is -1.22. The summed E-state index contributed by atoms with van der Waals surface area (Å²) in [5, 5.41) is 1.70. The average Bonchev–Trinajstić information content (AvgIpc) is 2.75. The van der Waals surface area contributed by atoms with E-state index in [0.29, 0.717) is 27.4 Å². The van der Waals surface area contributed by atoms with Crippen molar-refractivity contribution in [1.82, 2.24) is 4.98 Å². The van der Waals surface area contributed by atoms with Gasteiger partial charge in [-0.25, -0.2) is 4.98 Å². The summed E-state index contributed by atoms with van der Waals surface area (Å²) in [4.78, 5) is 4.39. The second kappa shape index (κ2) is 5.04. The quantitative estimate of drug-likeness (QED) is 0.635. The maximum absolute atomic E-state index is 5.98. The predicted molar refractivity (Wildman–Crippen MR) is 78.3 cm³/mol. The lowest BCUT2D eigenvalue weighted by atomic mass is 10.1. The van der Waals surface area contributed by atoms with E-state index in [1.54, 1.807) is 18.2 Å². The van der Waals surface area contributed by atoms with Gasteiger partial charge in [-0.2, -0.15) is 0 Å². The maximum Gasteiger partial charge on any atom is 0.199 e. The summed E-state index contributed by atoms with van der Waals surface area (Å²) in [6.45, 7) is 0. The van der Waals surface area contributed by atoms with Crippen LogP contribution in [0.25, 0.3) is 11.1 Å². The van der Waals surface area contributed by atoms with Crippen LogP contribution in [-0.2, 0) is 6.42 Å². The number of aromatic nitrogens is 1. The first-order chi connectivity index (χ1) is 9.11. The molecule has 19 heavy (non-hydrogen) atoms. The van der Waals surface area contributed by atoms with Crippen LogP contribution in [0.1, 0.15) is 11.5 Å². The first-order valence-electron chi connectivity index (χ1n) is 5.61. The number of oxazole rings is 1. The van der Waals surface area contributed by atoms with Gasteiger partial charge in [0.1, 0.15) is 5.52 Å². The van der Waals surface area contributed by atoms with Gasteiger partial charge in [0.2, 0.25) is 0 Å². The minimum Gasteiger partial charge on any atom is -0.440 e. The SMILES string of the molecule is Clc1ccc2oc(Cc3ccc(Cl)c(Cl)c3)nc2c1. The fourth-order valence-electron chi connectivity index (χ4n) is 1.85. The molecule has 0 radical (unpaired) electrons. The fourth-order valence-corrected chi connectivity index (χ4v) is 2.34. The number of hydrogen-bond donors (Lipinski definition) is 0. The molecule has 3 rings (SSSR count). The van der Waals surface area contributed by atoms with E-state index in [1.165, 1.54) is 0 Å². The van der Waals surface area contributed by atoms with Crippen LogP contribution >= 0.6 is 34.8 Å². The molecule has 0 fully saturated rings. The normalized spacial score (nSPS) is 11.1. The van der Waals surface area contributed by atoms with Crippen LogP contribution in [0.2, 0.25) is 15.1 Å². The Morgan fingerprint density at radius 3 is 2.58 bits per heavy atom. The highest BCUT2D eigenvalue weighted by Crippen LogP contribution is 2.25. The molecular formula is C14H8Cl3NO. The Morgan fingerprint density at radius 1 is 0.947 bits per heavy atom. The Bertz CT molecular complexity index is 752. The molecular weight excluding hydrogens is 305 g/mol. The highest BCUT2D eigenvalue weighted by molar-refractivity contribution is 6.42. The van der Waals surface area contributed by atoms with E-state index in [2.05, 4.69) is 4.98 Å². The van der Waals surface area contributed by atoms with Gasteiger partial charge < -0.3 is 4.42 Å². The zero-order valence-corrected chi connectivity index (χ0v) is 11.9. The Morgan fingerprint density at radius 2 is 1.79 bits per heavy atom. The summed E-state index contributed by atoms with van der Waals surface area (Å²) < 4.78 is 5.65. The summed E-state index contributed by atoms with van der Waals surface area (Å²) in [5.74, 6) is 0.621. The first-order valence-corrected chi connectivity index (χ1v) is 6.74. The van der Waals surface area contributed by atoms with Gasteiger partial charge in [0.05, 0.1) is 10.0 Å². The molecule has 0 bridgehead atoms. The lowest BCUT2D eigenvalue weighted by Crippen LogP contribution is -1.88. The van der Waals surface area contributed by atoms with Gasteiger partial charge in [0.25, 0.3) is 0 Å². The van der Waals surface area contributed by atoms with Crippen molar-refractivity contribution in [3.8, 4) is 0 Å². The standard InChI is InChI=1S/C14H8Cl3NO/c15-9-2-4-13-12(7-9)18-14(19-13)6-8-1-3-10(16)11(17)5-8/h1-5,7H,6H2. The van der Waals surface area contributed by atoms with E-state index >= 15 is 0 Å². The van der Waals surface area contributed by atoms with Crippen molar-refractivity contribution in [3.63, 3.8) is 0 Å². The molecule has 5 heteroatoms. The zero-order valence-electron chi connectivity index (χ0n) is 9.66. The number of fused-ring (bicyclic) bond motifs is 1. The molecule has 0 spiro atoms. The summed E-state index contributed by atoms with van der Waals surface area (Å²) in [7, 11) is 0. The molecule has 0 atom stereocenters. The van der Waals surface area contributed by atoms with Crippen molar-refractivity contribution < 1.29 is 4.42 Å². The molecule has 0 N–H and O–H groups in total. The lowest BCUT2D eigenvalue weighted by Gasteiger charge is -1.99. The number of hydrogen-bond acceptors (Lipinski definition) is 2. The molecule has 1 aromatic heterocycles. The number of benzene rings is 2. The summed E-state index contributed by atoms with van der Waals surface area (Å²) in [6.07, 6.45) is 0.559. The van der Waals surface area contributed by atoms with Crippen LogP contribution in [-0.4, -0.2) is 4.98 Å². The molecule has 1 heterocycles. The third kappa shape index (κ3) is 2.71. The number of nitrogens with zero attached hydrogens (tertiary/aromatic N) is 1. The van der Waals surface area contributed by atoms with Gasteiger partial charge in [0.15, 0.2) is 11.5 Å². The highest BCUT2D eigenvalue weighted by atomic mass is 35.5. The van der Waals surface area contributed by atoms with Gasteiger partial charge in [-0.05, 0) is 35.9 Å². The topological polar surface area (TPSA) is 26.0 Å². The molecule has 2 nitrogen and oxygen atoms in total. The second-order valence-corrected chi connectivity index (χ2v) is 5.40. The average molecular weight is 313 g/mol. The minimum absolute atomic E-state index is 0.526. The lowest BCUT2D eigenvalue weighted by molar-refractivity contribution is 0.544. The van der Waals surface area contributed by atoms with Crippen molar-refractivity contribution in [2.75, 3.05) is 0 Å². The summed E-state index contributed by atoms with van der Waals surface area (Å²) in [6, 6.07) is 10.8. The maximum atomic E-state index is 5.98. The van der Waals surface area contributed by atoms with Gasteiger partial charge in [0, 0.05) is 11.4 Å². The van der Waals surface area contributed by atoms with Crippen LogP contribution in [0.15, 0.2) is 40.8 Å². The van der Waals surface area contributed by atoms with E-state index in [1.807, 2.05) is 18.2 Å². The third-order valence-electron chi connectivity index (χ3n) is 2.73. The van der Waals surface area contributed by atoms with Crippen molar-refractivity contribution in [3.05, 3.63) is 62.9 Å². The predicted octanol–water partition coefficient (Wildman–Crippen LogP) is 5.38. The minimum atomic E-state index is 0.526. The Kier molecular flexibility index (Phi) is 3.40. The van der Waals surface area contributed by atoms with Crippen molar-refractivity contribution in [2.45, 2.75) is 6.42 Å². The molecule has 0 saturated carbocycles. The zero-order chi connectivity index (χ0) is 13.4. The molecule has 0 unspecified atom stereocenters. The van der Waals surface area contributed by atoms with Gasteiger partial charge >= 0.3 is 0 Å². The Labute approximate surface area is 124 Å². The fraction of sp³-hybridized carbons (Fsp3) is 0.0714. The van der Waals surface area contributed by atoms with Gasteiger partial charge in [-0.3, -0.25) is 0 Å². The first kappa shape index (κ1) is 12.8. The monoisotopic (exact) mass is 311 g/mol. The highest BCUT2D eigenvalue weighted by Gasteiger charge is 2.08. The molecule has 0 saturated heterocycles. The van der Waals surface area contributed by atoms with E-state index in [4.69, 9.17) is 39.2 Å². The van der Waals surface area contributed by atoms with E-state index < -0.39 is 0 Å². The summed E-state index contributed by atoms with van der Waals surface area (Å²) in [5.41, 5.74) is 2.47. The molecule has 2 aromatic carbocycles. The third-order valence-corrected chi connectivity index (χ3v) is 3.71. The van der Waals surface area contributed by atoms with Gasteiger partial charge in [-0.15, -0.1) is 0 Å². The van der Waals surface area contributed by atoms with E-state index in [-0.39, 0.29) is 0 Å². The number of rotatable bonds is 2. The second-order valence-electron chi connectivity index (χ2n) is 4.14. The molecule has 0 amide bonds. The molecule has 3 aromatic rings. The largest absolute Gasteiger partial charge is 0.440 e. The van der Waals surface area contributed by atoms with Crippen LogP contribution in [0.3, 0.4) is 0 Å².